The second kappa shape index (κ2) is 2.04. The Morgan fingerprint density at radius 2 is 2.18 bits per heavy atom. The fourth-order valence-corrected chi connectivity index (χ4v) is 1.90. The molecule has 4 heteroatoms. The number of carbonyl (C=O) groups excluding carboxylic acids is 2. The molecule has 2 fully saturated rings. The van der Waals surface area contributed by atoms with Gasteiger partial charge in [0.2, 0.25) is 11.8 Å². The summed E-state index contributed by atoms with van der Waals surface area (Å²) in [5.41, 5.74) is 0. The third kappa shape index (κ3) is 0.728. The van der Waals surface area contributed by atoms with Crippen LogP contribution in [-0.4, -0.2) is 23.5 Å². The zero-order valence-electron chi connectivity index (χ0n) is 5.91. The first-order chi connectivity index (χ1) is 5.24. The number of amides is 2. The summed E-state index contributed by atoms with van der Waals surface area (Å²) in [6.45, 7) is 0.0157. The van der Waals surface area contributed by atoms with Crippen molar-refractivity contribution in [2.45, 2.75) is 6.42 Å². The Morgan fingerprint density at radius 3 is 2.73 bits per heavy atom. The molecule has 0 aromatic rings. The van der Waals surface area contributed by atoms with Gasteiger partial charge in [-0.1, -0.05) is 0 Å². The van der Waals surface area contributed by atoms with Crippen LogP contribution in [0.5, 0.6) is 0 Å². The molecule has 1 saturated carbocycles. The van der Waals surface area contributed by atoms with Gasteiger partial charge in [0.1, 0.15) is 0 Å². The van der Waals surface area contributed by atoms with E-state index in [1.54, 1.807) is 0 Å². The molecule has 0 aromatic carbocycles. The van der Waals surface area contributed by atoms with Gasteiger partial charge in [0, 0.05) is 6.61 Å². The van der Waals surface area contributed by atoms with E-state index in [0.29, 0.717) is 6.42 Å². The summed E-state index contributed by atoms with van der Waals surface area (Å²) in [6, 6.07) is 0. The minimum Gasteiger partial charge on any atom is -0.396 e. The molecule has 0 spiro atoms. The number of aliphatic hydroxyl groups excluding tert-OH is 1. The Bertz CT molecular complexity index is 226. The van der Waals surface area contributed by atoms with Crippen molar-refractivity contribution >= 4 is 11.8 Å². The van der Waals surface area contributed by atoms with E-state index >= 15 is 0 Å². The number of hydrogen-bond acceptors (Lipinski definition) is 3. The van der Waals surface area contributed by atoms with Crippen molar-refractivity contribution < 1.29 is 14.7 Å². The van der Waals surface area contributed by atoms with Gasteiger partial charge in [0.15, 0.2) is 0 Å². The molecular formula is C7H9NO3. The monoisotopic (exact) mass is 155 g/mol. The molecule has 2 N–H and O–H groups in total. The topological polar surface area (TPSA) is 66.4 Å². The van der Waals surface area contributed by atoms with Crippen molar-refractivity contribution in [3.05, 3.63) is 0 Å². The fourth-order valence-electron chi connectivity index (χ4n) is 1.90. The zero-order chi connectivity index (χ0) is 8.01. The average molecular weight is 155 g/mol. The van der Waals surface area contributed by atoms with E-state index in [1.165, 1.54) is 0 Å². The van der Waals surface area contributed by atoms with Gasteiger partial charge < -0.3 is 5.11 Å². The molecule has 11 heavy (non-hydrogen) atoms. The maximum atomic E-state index is 11.0. The van der Waals surface area contributed by atoms with E-state index in [9.17, 15) is 9.59 Å². The minimum absolute atomic E-state index is 0.0157. The van der Waals surface area contributed by atoms with E-state index in [2.05, 4.69) is 5.32 Å². The molecule has 60 valence electrons. The van der Waals surface area contributed by atoms with Crippen LogP contribution in [0, 0.1) is 17.8 Å². The second-order valence-corrected chi connectivity index (χ2v) is 3.16. The third-order valence-corrected chi connectivity index (χ3v) is 2.62. The quantitative estimate of drug-likeness (QED) is 0.472. The van der Waals surface area contributed by atoms with Crippen molar-refractivity contribution in [3.63, 3.8) is 0 Å². The van der Waals surface area contributed by atoms with E-state index < -0.39 is 0 Å². The molecule has 1 saturated heterocycles. The van der Waals surface area contributed by atoms with Gasteiger partial charge >= 0.3 is 0 Å². The molecule has 0 bridgehead atoms. The smallest absolute Gasteiger partial charge is 0.230 e. The van der Waals surface area contributed by atoms with Crippen LogP contribution in [0.3, 0.4) is 0 Å². The SMILES string of the molecule is O=C1NC(=O)[C@H]2C[C@H](CO)[C@@H]12. The van der Waals surface area contributed by atoms with Crippen LogP contribution in [0.15, 0.2) is 0 Å². The summed E-state index contributed by atoms with van der Waals surface area (Å²) in [6.07, 6.45) is 0.665. The number of nitrogens with one attached hydrogen (secondary N) is 1. The molecule has 4 nitrogen and oxygen atoms in total. The molecule has 2 amide bonds. The maximum Gasteiger partial charge on any atom is 0.230 e. The standard InChI is InChI=1S/C7H9NO3/c9-2-3-1-4-5(3)7(11)8-6(4)10/h3-5,9H,1-2H2,(H,8,10,11)/t3-,4+,5-/m1/s1. The first kappa shape index (κ1) is 6.79. The second-order valence-electron chi connectivity index (χ2n) is 3.16. The maximum absolute atomic E-state index is 11.0. The van der Waals surface area contributed by atoms with Crippen LogP contribution >= 0.6 is 0 Å². The molecule has 1 aliphatic heterocycles. The van der Waals surface area contributed by atoms with Crippen molar-refractivity contribution in [1.29, 1.82) is 0 Å². The Morgan fingerprint density at radius 1 is 1.45 bits per heavy atom. The molecule has 0 aromatic heterocycles. The molecule has 0 radical (unpaired) electrons. The number of imide groups is 1. The van der Waals surface area contributed by atoms with Crippen molar-refractivity contribution in [3.8, 4) is 0 Å². The molecule has 0 unspecified atom stereocenters. The minimum atomic E-state index is -0.229. The first-order valence-corrected chi connectivity index (χ1v) is 3.69. The highest BCUT2D eigenvalue weighted by Gasteiger charge is 2.54. The zero-order valence-corrected chi connectivity index (χ0v) is 5.91. The lowest BCUT2D eigenvalue weighted by molar-refractivity contribution is -0.130. The lowest BCUT2D eigenvalue weighted by Gasteiger charge is -2.34. The normalized spacial score (nSPS) is 41.4. The van der Waals surface area contributed by atoms with Gasteiger partial charge in [0.25, 0.3) is 0 Å². The number of aliphatic hydroxyl groups is 1. The van der Waals surface area contributed by atoms with Crippen LogP contribution < -0.4 is 5.32 Å². The van der Waals surface area contributed by atoms with E-state index in [4.69, 9.17) is 5.11 Å². The van der Waals surface area contributed by atoms with Gasteiger partial charge in [-0.15, -0.1) is 0 Å². The number of carbonyl (C=O) groups is 2. The Kier molecular flexibility index (Phi) is 1.26. The third-order valence-electron chi connectivity index (χ3n) is 2.62. The molecule has 1 heterocycles. The molecule has 3 atom stereocenters. The molecule has 2 aliphatic rings. The van der Waals surface area contributed by atoms with Crippen molar-refractivity contribution in [2.24, 2.45) is 17.8 Å². The van der Waals surface area contributed by atoms with Crippen LogP contribution in [-0.2, 0) is 9.59 Å². The highest BCUT2D eigenvalue weighted by Crippen LogP contribution is 2.43. The van der Waals surface area contributed by atoms with Crippen LogP contribution in [0.4, 0.5) is 0 Å². The molecular weight excluding hydrogens is 146 g/mol. The van der Waals surface area contributed by atoms with Gasteiger partial charge in [-0.25, -0.2) is 0 Å². The lowest BCUT2D eigenvalue weighted by Crippen LogP contribution is -2.40. The lowest BCUT2D eigenvalue weighted by atomic mass is 9.66. The highest BCUT2D eigenvalue weighted by atomic mass is 16.3. The van der Waals surface area contributed by atoms with Gasteiger partial charge in [-0.05, 0) is 12.3 Å². The van der Waals surface area contributed by atoms with Crippen molar-refractivity contribution in [2.75, 3.05) is 6.61 Å². The summed E-state index contributed by atoms with van der Waals surface area (Å²) in [5.74, 6) is -0.714. The van der Waals surface area contributed by atoms with Gasteiger partial charge in [-0.2, -0.15) is 0 Å². The Labute approximate surface area is 63.6 Å². The predicted molar refractivity (Wildman–Crippen MR) is 35.3 cm³/mol. The van der Waals surface area contributed by atoms with Crippen molar-refractivity contribution in [1.82, 2.24) is 5.32 Å². The van der Waals surface area contributed by atoms with Crippen LogP contribution in [0.25, 0.3) is 0 Å². The summed E-state index contributed by atoms with van der Waals surface area (Å²) >= 11 is 0. The highest BCUT2D eigenvalue weighted by molar-refractivity contribution is 6.06. The Hall–Kier alpha value is -0.900. The average Bonchev–Trinajstić information content (AvgIpc) is 2.03. The summed E-state index contributed by atoms with van der Waals surface area (Å²) in [5, 5.41) is 11.0. The van der Waals surface area contributed by atoms with Gasteiger partial charge in [-0.3, -0.25) is 14.9 Å². The predicted octanol–water partition coefficient (Wildman–Crippen LogP) is -1.11. The number of fused-ring (bicyclic) bond motifs is 1. The molecule has 1 aliphatic carbocycles. The van der Waals surface area contributed by atoms with E-state index in [1.807, 2.05) is 0 Å². The van der Waals surface area contributed by atoms with Crippen LogP contribution in [0.2, 0.25) is 0 Å². The fraction of sp³-hybridized carbons (Fsp3) is 0.714. The van der Waals surface area contributed by atoms with Crippen LogP contribution in [0.1, 0.15) is 6.42 Å². The number of hydrogen-bond donors (Lipinski definition) is 2. The first-order valence-electron chi connectivity index (χ1n) is 3.69. The van der Waals surface area contributed by atoms with E-state index in [0.717, 1.165) is 0 Å². The summed E-state index contributed by atoms with van der Waals surface area (Å²) < 4.78 is 0. The summed E-state index contributed by atoms with van der Waals surface area (Å²) in [4.78, 5) is 21.9. The van der Waals surface area contributed by atoms with E-state index in [-0.39, 0.29) is 36.2 Å². The summed E-state index contributed by atoms with van der Waals surface area (Å²) in [7, 11) is 0. The largest absolute Gasteiger partial charge is 0.396 e. The van der Waals surface area contributed by atoms with Gasteiger partial charge in [0.05, 0.1) is 11.8 Å². The number of rotatable bonds is 1. The Balaban J connectivity index is 2.15. The molecule has 2 rings (SSSR count).